The topological polar surface area (TPSA) is 40.1 Å². The Kier molecular flexibility index (Phi) is 11.7. The summed E-state index contributed by atoms with van der Waals surface area (Å²) < 4.78 is 5.44. The number of nitrogens with zero attached hydrogens (tertiary/aromatic N) is 3. The SMILES string of the molecule is CCNC(=NCCCSC)N1CCC(CN2CCOCC2)C1.I. The van der Waals surface area contributed by atoms with Gasteiger partial charge < -0.3 is 15.0 Å². The molecule has 2 heterocycles. The number of ether oxygens (including phenoxy) is 1. The Morgan fingerprint density at radius 3 is 2.78 bits per heavy atom. The van der Waals surface area contributed by atoms with Crippen LogP contribution in [0.3, 0.4) is 0 Å². The zero-order valence-electron chi connectivity index (χ0n) is 14.6. The monoisotopic (exact) mass is 456 g/mol. The van der Waals surface area contributed by atoms with Crippen LogP contribution in [0.5, 0.6) is 0 Å². The Labute approximate surface area is 163 Å². The number of nitrogens with one attached hydrogen (secondary N) is 1. The maximum absolute atomic E-state index is 5.44. The Balaban J connectivity index is 0.00000264. The molecule has 2 rings (SSSR count). The molecule has 0 aliphatic carbocycles. The van der Waals surface area contributed by atoms with Gasteiger partial charge in [-0.3, -0.25) is 9.89 Å². The highest BCUT2D eigenvalue weighted by Crippen LogP contribution is 2.18. The van der Waals surface area contributed by atoms with Crippen LogP contribution in [0.15, 0.2) is 4.99 Å². The second-order valence-corrected chi connectivity index (χ2v) is 7.08. The van der Waals surface area contributed by atoms with Crippen molar-refractivity contribution in [3.8, 4) is 0 Å². The van der Waals surface area contributed by atoms with E-state index < -0.39 is 0 Å². The van der Waals surface area contributed by atoms with Crippen molar-refractivity contribution in [2.75, 3.05) is 71.0 Å². The van der Waals surface area contributed by atoms with Crippen LogP contribution in [0.2, 0.25) is 0 Å². The summed E-state index contributed by atoms with van der Waals surface area (Å²) in [5.41, 5.74) is 0. The minimum atomic E-state index is 0. The van der Waals surface area contributed by atoms with Crippen molar-refractivity contribution in [3.05, 3.63) is 0 Å². The number of rotatable bonds is 7. The molecule has 0 bridgehead atoms. The summed E-state index contributed by atoms with van der Waals surface area (Å²) in [6.45, 7) is 11.5. The lowest BCUT2D eigenvalue weighted by molar-refractivity contribution is 0.0315. The van der Waals surface area contributed by atoms with Gasteiger partial charge >= 0.3 is 0 Å². The van der Waals surface area contributed by atoms with E-state index in [0.717, 1.165) is 64.4 Å². The normalized spacial score (nSPS) is 23.0. The average molecular weight is 456 g/mol. The lowest BCUT2D eigenvalue weighted by Crippen LogP contribution is -2.42. The van der Waals surface area contributed by atoms with Crippen molar-refractivity contribution in [2.45, 2.75) is 19.8 Å². The predicted octanol–water partition coefficient (Wildman–Crippen LogP) is 1.98. The molecule has 1 unspecified atom stereocenters. The molecule has 0 aromatic carbocycles. The summed E-state index contributed by atoms with van der Waals surface area (Å²) >= 11 is 1.90. The third kappa shape index (κ3) is 7.79. The molecule has 23 heavy (non-hydrogen) atoms. The molecule has 2 aliphatic heterocycles. The molecule has 2 fully saturated rings. The van der Waals surface area contributed by atoms with Crippen LogP contribution in [0.1, 0.15) is 19.8 Å². The molecular formula is C16H33IN4OS. The molecule has 0 saturated carbocycles. The van der Waals surface area contributed by atoms with Gasteiger partial charge in [0.05, 0.1) is 13.2 Å². The summed E-state index contributed by atoms with van der Waals surface area (Å²) in [6, 6.07) is 0. The number of aliphatic imine (C=N–C) groups is 1. The van der Waals surface area contributed by atoms with Crippen LogP contribution < -0.4 is 5.32 Å². The van der Waals surface area contributed by atoms with Crippen LogP contribution in [-0.2, 0) is 4.74 Å². The first-order chi connectivity index (χ1) is 10.8. The highest BCUT2D eigenvalue weighted by molar-refractivity contribution is 14.0. The number of morpholine rings is 1. The summed E-state index contributed by atoms with van der Waals surface area (Å²) in [7, 11) is 0. The molecular weight excluding hydrogens is 423 g/mol. The maximum atomic E-state index is 5.44. The molecule has 0 aromatic rings. The van der Waals surface area contributed by atoms with E-state index in [1.54, 1.807) is 0 Å². The van der Waals surface area contributed by atoms with Gasteiger partial charge in [0, 0.05) is 45.8 Å². The van der Waals surface area contributed by atoms with Gasteiger partial charge in [-0.25, -0.2) is 0 Å². The summed E-state index contributed by atoms with van der Waals surface area (Å²) in [6.07, 6.45) is 4.61. The quantitative estimate of drug-likeness (QED) is 0.275. The van der Waals surface area contributed by atoms with Crippen LogP contribution >= 0.6 is 35.7 Å². The first-order valence-corrected chi connectivity index (χ1v) is 10.0. The van der Waals surface area contributed by atoms with E-state index in [1.807, 2.05) is 11.8 Å². The number of guanidine groups is 1. The fourth-order valence-corrected chi connectivity index (χ4v) is 3.56. The zero-order chi connectivity index (χ0) is 15.6. The van der Waals surface area contributed by atoms with Crippen molar-refractivity contribution in [2.24, 2.45) is 10.9 Å². The van der Waals surface area contributed by atoms with Gasteiger partial charge in [0.15, 0.2) is 5.96 Å². The highest BCUT2D eigenvalue weighted by atomic mass is 127. The molecule has 2 aliphatic rings. The Hall–Kier alpha value is 0.270. The maximum Gasteiger partial charge on any atom is 0.193 e. The zero-order valence-corrected chi connectivity index (χ0v) is 17.8. The van der Waals surface area contributed by atoms with Gasteiger partial charge in [-0.15, -0.1) is 24.0 Å². The standard InChI is InChI=1S/C16H32N4OS.HI/c1-3-17-16(18-6-4-12-22-2)20-7-5-15(14-20)13-19-8-10-21-11-9-19;/h15H,3-14H2,1-2H3,(H,17,18);1H. The van der Waals surface area contributed by atoms with E-state index in [-0.39, 0.29) is 24.0 Å². The van der Waals surface area contributed by atoms with Gasteiger partial charge in [-0.2, -0.15) is 11.8 Å². The lowest BCUT2D eigenvalue weighted by atomic mass is 10.1. The Morgan fingerprint density at radius 1 is 1.30 bits per heavy atom. The molecule has 1 N–H and O–H groups in total. The van der Waals surface area contributed by atoms with E-state index in [4.69, 9.17) is 9.73 Å². The number of likely N-dealkylation sites (tertiary alicyclic amines) is 1. The molecule has 0 aromatic heterocycles. The van der Waals surface area contributed by atoms with Crippen molar-refractivity contribution < 1.29 is 4.74 Å². The fraction of sp³-hybridized carbons (Fsp3) is 0.938. The predicted molar refractivity (Wildman–Crippen MR) is 111 cm³/mol. The fourth-order valence-electron chi connectivity index (χ4n) is 3.14. The second kappa shape index (κ2) is 12.6. The van der Waals surface area contributed by atoms with Crippen molar-refractivity contribution in [3.63, 3.8) is 0 Å². The second-order valence-electron chi connectivity index (χ2n) is 6.10. The van der Waals surface area contributed by atoms with E-state index in [2.05, 4.69) is 28.3 Å². The van der Waals surface area contributed by atoms with Crippen molar-refractivity contribution >= 4 is 41.7 Å². The smallest absolute Gasteiger partial charge is 0.193 e. The van der Waals surface area contributed by atoms with Gasteiger partial charge in [-0.05, 0) is 37.7 Å². The van der Waals surface area contributed by atoms with Crippen LogP contribution in [0.4, 0.5) is 0 Å². The molecule has 0 spiro atoms. The van der Waals surface area contributed by atoms with Crippen LogP contribution in [0, 0.1) is 5.92 Å². The number of hydrogen-bond donors (Lipinski definition) is 1. The summed E-state index contributed by atoms with van der Waals surface area (Å²) in [5.74, 6) is 3.09. The first kappa shape index (κ1) is 21.3. The van der Waals surface area contributed by atoms with Gasteiger partial charge in [0.2, 0.25) is 0 Å². The summed E-state index contributed by atoms with van der Waals surface area (Å²) in [5, 5.41) is 3.46. The third-order valence-electron chi connectivity index (χ3n) is 4.31. The average Bonchev–Trinajstić information content (AvgIpc) is 3.00. The molecule has 0 radical (unpaired) electrons. The van der Waals surface area contributed by atoms with E-state index in [1.165, 1.54) is 25.1 Å². The Morgan fingerprint density at radius 2 is 2.09 bits per heavy atom. The van der Waals surface area contributed by atoms with Crippen LogP contribution in [0.25, 0.3) is 0 Å². The minimum absolute atomic E-state index is 0. The lowest BCUT2D eigenvalue weighted by Gasteiger charge is -2.29. The minimum Gasteiger partial charge on any atom is -0.379 e. The first-order valence-electron chi connectivity index (χ1n) is 8.65. The number of hydrogen-bond acceptors (Lipinski definition) is 4. The van der Waals surface area contributed by atoms with E-state index in [0.29, 0.717) is 0 Å². The van der Waals surface area contributed by atoms with E-state index >= 15 is 0 Å². The number of halogens is 1. The molecule has 2 saturated heterocycles. The van der Waals surface area contributed by atoms with E-state index in [9.17, 15) is 0 Å². The van der Waals surface area contributed by atoms with Gasteiger partial charge in [0.25, 0.3) is 0 Å². The highest BCUT2D eigenvalue weighted by Gasteiger charge is 2.26. The molecule has 7 heteroatoms. The van der Waals surface area contributed by atoms with Gasteiger partial charge in [0.1, 0.15) is 0 Å². The van der Waals surface area contributed by atoms with Crippen molar-refractivity contribution in [1.82, 2.24) is 15.1 Å². The number of thioether (sulfide) groups is 1. The Bertz CT molecular complexity index is 340. The third-order valence-corrected chi connectivity index (χ3v) is 5.01. The molecule has 136 valence electrons. The van der Waals surface area contributed by atoms with Crippen molar-refractivity contribution in [1.29, 1.82) is 0 Å². The summed E-state index contributed by atoms with van der Waals surface area (Å²) in [4.78, 5) is 9.81. The molecule has 1 atom stereocenters. The van der Waals surface area contributed by atoms with Crippen LogP contribution in [-0.4, -0.2) is 86.8 Å². The largest absolute Gasteiger partial charge is 0.379 e. The molecule has 5 nitrogen and oxygen atoms in total. The molecule has 0 amide bonds. The van der Waals surface area contributed by atoms with Gasteiger partial charge in [-0.1, -0.05) is 0 Å².